The highest BCUT2D eigenvalue weighted by molar-refractivity contribution is 5.78. The Bertz CT molecular complexity index is 269. The molecule has 0 aromatic carbocycles. The molecule has 17 heavy (non-hydrogen) atoms. The van der Waals surface area contributed by atoms with E-state index < -0.39 is 0 Å². The molecule has 98 valence electrons. The first-order chi connectivity index (χ1) is 8.22. The smallest absolute Gasteiger partial charge is 0.225 e. The fraction of sp³-hybridized carbons (Fsp3) is 0.923. The molecule has 0 aliphatic carbocycles. The Morgan fingerprint density at radius 3 is 2.94 bits per heavy atom. The van der Waals surface area contributed by atoms with Gasteiger partial charge in [-0.2, -0.15) is 0 Å². The van der Waals surface area contributed by atoms with Gasteiger partial charge < -0.3 is 10.6 Å². The van der Waals surface area contributed by atoms with Gasteiger partial charge in [-0.3, -0.25) is 9.69 Å². The summed E-state index contributed by atoms with van der Waals surface area (Å²) in [6.45, 7) is 6.74. The molecule has 2 heterocycles. The van der Waals surface area contributed by atoms with Gasteiger partial charge in [-0.05, 0) is 32.4 Å². The molecule has 2 N–H and O–H groups in total. The number of rotatable bonds is 3. The molecular formula is C13H25N3O. The van der Waals surface area contributed by atoms with E-state index in [0.717, 1.165) is 26.1 Å². The highest BCUT2D eigenvalue weighted by atomic mass is 16.2. The molecule has 2 rings (SSSR count). The Morgan fingerprint density at radius 1 is 1.35 bits per heavy atom. The van der Waals surface area contributed by atoms with Crippen molar-refractivity contribution in [3.05, 3.63) is 0 Å². The van der Waals surface area contributed by atoms with Gasteiger partial charge in [-0.25, -0.2) is 0 Å². The van der Waals surface area contributed by atoms with Crippen LogP contribution in [0.5, 0.6) is 0 Å². The van der Waals surface area contributed by atoms with Gasteiger partial charge in [0.2, 0.25) is 5.91 Å². The van der Waals surface area contributed by atoms with Crippen LogP contribution in [0.15, 0.2) is 0 Å². The maximum Gasteiger partial charge on any atom is 0.225 e. The zero-order valence-electron chi connectivity index (χ0n) is 10.9. The Hall–Kier alpha value is -0.610. The van der Waals surface area contributed by atoms with Gasteiger partial charge in [-0.1, -0.05) is 13.3 Å². The van der Waals surface area contributed by atoms with E-state index in [1.54, 1.807) is 0 Å². The Balaban J connectivity index is 1.88. The van der Waals surface area contributed by atoms with Gasteiger partial charge in [-0.15, -0.1) is 0 Å². The molecule has 2 atom stereocenters. The lowest BCUT2D eigenvalue weighted by Crippen LogP contribution is -2.57. The quantitative estimate of drug-likeness (QED) is 0.787. The summed E-state index contributed by atoms with van der Waals surface area (Å²) >= 11 is 0. The molecule has 2 unspecified atom stereocenters. The number of fused-ring (bicyclic) bond motifs is 1. The molecule has 2 saturated heterocycles. The van der Waals surface area contributed by atoms with Crippen molar-refractivity contribution in [3.8, 4) is 0 Å². The minimum atomic E-state index is 0.0927. The summed E-state index contributed by atoms with van der Waals surface area (Å²) in [6.07, 6.45) is 4.72. The average Bonchev–Trinajstić information content (AvgIpc) is 2.37. The van der Waals surface area contributed by atoms with Crippen molar-refractivity contribution in [1.82, 2.24) is 9.80 Å². The van der Waals surface area contributed by atoms with E-state index in [1.165, 1.54) is 25.8 Å². The molecule has 0 aromatic rings. The van der Waals surface area contributed by atoms with E-state index in [9.17, 15) is 4.79 Å². The molecule has 0 bridgehead atoms. The van der Waals surface area contributed by atoms with Crippen molar-refractivity contribution in [3.63, 3.8) is 0 Å². The maximum atomic E-state index is 12.2. The van der Waals surface area contributed by atoms with Crippen molar-refractivity contribution < 1.29 is 4.79 Å². The maximum absolute atomic E-state index is 12.2. The van der Waals surface area contributed by atoms with Crippen molar-refractivity contribution in [2.45, 2.75) is 38.6 Å². The van der Waals surface area contributed by atoms with Crippen molar-refractivity contribution in [2.75, 3.05) is 32.7 Å². The summed E-state index contributed by atoms with van der Waals surface area (Å²) in [5, 5.41) is 0. The van der Waals surface area contributed by atoms with Crippen LogP contribution in [-0.4, -0.2) is 54.5 Å². The van der Waals surface area contributed by atoms with Crippen molar-refractivity contribution >= 4 is 5.91 Å². The lowest BCUT2D eigenvalue weighted by Gasteiger charge is -2.44. The molecule has 4 nitrogen and oxygen atoms in total. The molecule has 0 saturated carbocycles. The van der Waals surface area contributed by atoms with Gasteiger partial charge in [0.1, 0.15) is 0 Å². The standard InChI is InChI=1S/C13H25N3O/c1-11(5-6-14)13(17)16-9-8-15-7-3-2-4-12(15)10-16/h11-12H,2-10,14H2,1H3. The number of hydrogen-bond donors (Lipinski definition) is 1. The molecule has 0 aromatic heterocycles. The van der Waals surface area contributed by atoms with E-state index >= 15 is 0 Å². The van der Waals surface area contributed by atoms with Gasteiger partial charge in [0.05, 0.1) is 0 Å². The lowest BCUT2D eigenvalue weighted by atomic mass is 9.98. The second-order valence-electron chi connectivity index (χ2n) is 5.45. The summed E-state index contributed by atoms with van der Waals surface area (Å²) < 4.78 is 0. The van der Waals surface area contributed by atoms with E-state index in [-0.39, 0.29) is 5.92 Å². The molecule has 2 aliphatic heterocycles. The number of carbonyl (C=O) groups excluding carboxylic acids is 1. The summed E-state index contributed by atoms with van der Waals surface area (Å²) in [6, 6.07) is 0.617. The molecule has 0 spiro atoms. The van der Waals surface area contributed by atoms with Crippen LogP contribution in [0.4, 0.5) is 0 Å². The molecule has 4 heteroatoms. The predicted octanol–water partition coefficient (Wildman–Crippen LogP) is 0.668. The van der Waals surface area contributed by atoms with Gasteiger partial charge >= 0.3 is 0 Å². The lowest BCUT2D eigenvalue weighted by molar-refractivity contribution is -0.138. The monoisotopic (exact) mass is 239 g/mol. The van der Waals surface area contributed by atoms with Crippen LogP contribution in [-0.2, 0) is 4.79 Å². The van der Waals surface area contributed by atoms with Gasteiger partial charge in [0.15, 0.2) is 0 Å². The summed E-state index contributed by atoms with van der Waals surface area (Å²) in [5.74, 6) is 0.399. The van der Waals surface area contributed by atoms with Gasteiger partial charge in [0.25, 0.3) is 0 Å². The molecule has 2 fully saturated rings. The number of amides is 1. The third-order valence-corrected chi connectivity index (χ3v) is 4.17. The number of carbonyl (C=O) groups is 1. The minimum Gasteiger partial charge on any atom is -0.340 e. The van der Waals surface area contributed by atoms with Crippen LogP contribution in [0, 0.1) is 5.92 Å². The number of piperidine rings is 1. The number of nitrogens with zero attached hydrogens (tertiary/aromatic N) is 2. The summed E-state index contributed by atoms with van der Waals surface area (Å²) in [5.41, 5.74) is 5.52. The molecule has 2 aliphatic rings. The first-order valence-electron chi connectivity index (χ1n) is 6.95. The average molecular weight is 239 g/mol. The van der Waals surface area contributed by atoms with Crippen molar-refractivity contribution in [2.24, 2.45) is 11.7 Å². The number of piperazine rings is 1. The molecular weight excluding hydrogens is 214 g/mol. The van der Waals surface area contributed by atoms with Crippen LogP contribution in [0.3, 0.4) is 0 Å². The van der Waals surface area contributed by atoms with Crippen LogP contribution in [0.2, 0.25) is 0 Å². The SMILES string of the molecule is CC(CCN)C(=O)N1CCN2CCCCC2C1. The summed E-state index contributed by atoms with van der Waals surface area (Å²) in [4.78, 5) is 16.8. The first-order valence-corrected chi connectivity index (χ1v) is 6.95. The fourth-order valence-electron chi connectivity index (χ4n) is 3.04. The largest absolute Gasteiger partial charge is 0.340 e. The van der Waals surface area contributed by atoms with Crippen molar-refractivity contribution in [1.29, 1.82) is 0 Å². The number of hydrogen-bond acceptors (Lipinski definition) is 3. The van der Waals surface area contributed by atoms with Crippen LogP contribution >= 0.6 is 0 Å². The van der Waals surface area contributed by atoms with E-state index in [0.29, 0.717) is 18.5 Å². The normalized spacial score (nSPS) is 27.6. The minimum absolute atomic E-state index is 0.0927. The van der Waals surface area contributed by atoms with Crippen LogP contribution < -0.4 is 5.73 Å². The fourth-order valence-corrected chi connectivity index (χ4v) is 3.04. The summed E-state index contributed by atoms with van der Waals surface area (Å²) in [7, 11) is 0. The van der Waals surface area contributed by atoms with E-state index in [1.807, 2.05) is 6.92 Å². The van der Waals surface area contributed by atoms with Crippen LogP contribution in [0.25, 0.3) is 0 Å². The molecule has 1 amide bonds. The first kappa shape index (κ1) is 12.8. The zero-order chi connectivity index (χ0) is 12.3. The van der Waals surface area contributed by atoms with E-state index in [2.05, 4.69) is 9.80 Å². The highest BCUT2D eigenvalue weighted by Gasteiger charge is 2.32. The molecule has 0 radical (unpaired) electrons. The second kappa shape index (κ2) is 5.83. The Labute approximate surface area is 104 Å². The highest BCUT2D eigenvalue weighted by Crippen LogP contribution is 2.22. The van der Waals surface area contributed by atoms with E-state index in [4.69, 9.17) is 5.73 Å². The number of nitrogens with two attached hydrogens (primary N) is 1. The third kappa shape index (κ3) is 2.99. The second-order valence-corrected chi connectivity index (χ2v) is 5.45. The Morgan fingerprint density at radius 2 is 2.18 bits per heavy atom. The predicted molar refractivity (Wildman–Crippen MR) is 68.6 cm³/mol. The zero-order valence-corrected chi connectivity index (χ0v) is 10.9. The Kier molecular flexibility index (Phi) is 4.40. The topological polar surface area (TPSA) is 49.6 Å². The third-order valence-electron chi connectivity index (χ3n) is 4.17. The van der Waals surface area contributed by atoms with Gasteiger partial charge in [0, 0.05) is 31.6 Å². The van der Waals surface area contributed by atoms with Crippen LogP contribution in [0.1, 0.15) is 32.6 Å².